The Labute approximate surface area is 184 Å². The van der Waals surface area contributed by atoms with Gasteiger partial charge in [-0.25, -0.2) is 9.67 Å². The maximum Gasteiger partial charge on any atom is 0.271 e. The topological polar surface area (TPSA) is 98.1 Å². The number of hydrogen-bond donors (Lipinski definition) is 2. The van der Waals surface area contributed by atoms with E-state index in [0.29, 0.717) is 24.4 Å². The number of nitrogens with zero attached hydrogens (tertiary/aromatic N) is 3. The summed E-state index contributed by atoms with van der Waals surface area (Å²) in [6.45, 7) is 4.38. The second kappa shape index (κ2) is 8.77. The molecule has 0 atom stereocenters. The van der Waals surface area contributed by atoms with Gasteiger partial charge in [0.15, 0.2) is 5.82 Å². The number of ether oxygens (including phenoxy) is 1. The van der Waals surface area contributed by atoms with Crippen LogP contribution in [-0.4, -0.2) is 39.7 Å². The lowest BCUT2D eigenvalue weighted by molar-refractivity contribution is -0.116. The molecule has 3 aromatic rings. The average molecular weight is 440 g/mol. The zero-order valence-corrected chi connectivity index (χ0v) is 18.0. The molecule has 0 spiro atoms. The molecule has 160 valence electrons. The SMILES string of the molecule is Cc1cc(C)n(-c2ccc(Cl)c(C(=O)NCCOc3ccc4c(c3)CCC(=O)N4)n2)n1. The van der Waals surface area contributed by atoms with Crippen LogP contribution in [0.4, 0.5) is 5.69 Å². The van der Waals surface area contributed by atoms with Gasteiger partial charge >= 0.3 is 0 Å². The van der Waals surface area contributed by atoms with E-state index in [2.05, 4.69) is 20.7 Å². The van der Waals surface area contributed by atoms with E-state index in [0.717, 1.165) is 22.6 Å². The number of amides is 2. The lowest BCUT2D eigenvalue weighted by atomic mass is 10.0. The van der Waals surface area contributed by atoms with Crippen molar-refractivity contribution in [3.8, 4) is 11.6 Å². The minimum Gasteiger partial charge on any atom is -0.492 e. The number of fused-ring (bicyclic) bond motifs is 1. The fourth-order valence-electron chi connectivity index (χ4n) is 3.44. The summed E-state index contributed by atoms with van der Waals surface area (Å²) in [5.74, 6) is 0.854. The summed E-state index contributed by atoms with van der Waals surface area (Å²) < 4.78 is 7.40. The van der Waals surface area contributed by atoms with Crippen molar-refractivity contribution in [2.75, 3.05) is 18.5 Å². The first-order valence-electron chi connectivity index (χ1n) is 9.94. The first-order valence-corrected chi connectivity index (χ1v) is 10.3. The Balaban J connectivity index is 1.35. The van der Waals surface area contributed by atoms with E-state index >= 15 is 0 Å². The van der Waals surface area contributed by atoms with E-state index < -0.39 is 0 Å². The largest absolute Gasteiger partial charge is 0.492 e. The molecule has 31 heavy (non-hydrogen) atoms. The zero-order valence-electron chi connectivity index (χ0n) is 17.2. The van der Waals surface area contributed by atoms with Gasteiger partial charge in [-0.1, -0.05) is 11.6 Å². The van der Waals surface area contributed by atoms with Crippen LogP contribution >= 0.6 is 11.6 Å². The highest BCUT2D eigenvalue weighted by Gasteiger charge is 2.16. The number of rotatable bonds is 6. The van der Waals surface area contributed by atoms with Gasteiger partial charge in [-0.05, 0) is 62.2 Å². The molecule has 9 heteroatoms. The third kappa shape index (κ3) is 4.69. The number of anilines is 1. The summed E-state index contributed by atoms with van der Waals surface area (Å²) in [4.78, 5) is 28.4. The summed E-state index contributed by atoms with van der Waals surface area (Å²) >= 11 is 6.20. The molecule has 2 aromatic heterocycles. The Bertz CT molecular complexity index is 1160. The number of carbonyl (C=O) groups excluding carboxylic acids is 2. The summed E-state index contributed by atoms with van der Waals surface area (Å²) in [7, 11) is 0. The van der Waals surface area contributed by atoms with Crippen molar-refractivity contribution in [2.45, 2.75) is 26.7 Å². The second-order valence-corrected chi connectivity index (χ2v) is 7.72. The van der Waals surface area contributed by atoms with Crippen molar-refractivity contribution in [1.29, 1.82) is 0 Å². The number of halogens is 1. The number of hydrogen-bond acceptors (Lipinski definition) is 5. The molecule has 4 rings (SSSR count). The van der Waals surface area contributed by atoms with Gasteiger partial charge in [-0.2, -0.15) is 5.10 Å². The van der Waals surface area contributed by atoms with Gasteiger partial charge in [0.1, 0.15) is 18.1 Å². The predicted molar refractivity (Wildman–Crippen MR) is 117 cm³/mol. The quantitative estimate of drug-likeness (QED) is 0.574. The van der Waals surface area contributed by atoms with Crippen molar-refractivity contribution in [2.24, 2.45) is 0 Å². The maximum atomic E-state index is 12.6. The maximum absolute atomic E-state index is 12.6. The Kier molecular flexibility index (Phi) is 5.90. The highest BCUT2D eigenvalue weighted by Crippen LogP contribution is 2.26. The molecule has 0 fully saturated rings. The van der Waals surface area contributed by atoms with E-state index in [9.17, 15) is 9.59 Å². The molecular weight excluding hydrogens is 418 g/mol. The molecule has 1 aliphatic rings. The molecule has 0 saturated carbocycles. The fraction of sp³-hybridized carbons (Fsp3) is 0.273. The van der Waals surface area contributed by atoms with E-state index in [1.54, 1.807) is 22.9 Å². The molecule has 0 bridgehead atoms. The van der Waals surface area contributed by atoms with Gasteiger partial charge in [-0.3, -0.25) is 9.59 Å². The smallest absolute Gasteiger partial charge is 0.271 e. The molecule has 0 aliphatic carbocycles. The normalized spacial score (nSPS) is 12.8. The number of aromatic nitrogens is 3. The van der Waals surface area contributed by atoms with Crippen molar-refractivity contribution < 1.29 is 14.3 Å². The minimum absolute atomic E-state index is 0.0260. The van der Waals surface area contributed by atoms with Gasteiger partial charge in [-0.15, -0.1) is 0 Å². The first kappa shape index (κ1) is 20.9. The molecule has 1 aromatic carbocycles. The van der Waals surface area contributed by atoms with Crippen molar-refractivity contribution >= 4 is 29.1 Å². The first-order chi connectivity index (χ1) is 14.9. The number of carbonyl (C=O) groups is 2. The Morgan fingerprint density at radius 1 is 1.23 bits per heavy atom. The molecule has 2 amide bonds. The monoisotopic (exact) mass is 439 g/mol. The van der Waals surface area contributed by atoms with E-state index in [1.807, 2.05) is 32.0 Å². The molecule has 0 unspecified atom stereocenters. The van der Waals surface area contributed by atoms with E-state index in [1.165, 1.54) is 0 Å². The van der Waals surface area contributed by atoms with Gasteiger partial charge in [0.2, 0.25) is 5.91 Å². The Hall–Kier alpha value is -3.39. The van der Waals surface area contributed by atoms with Crippen LogP contribution in [0.3, 0.4) is 0 Å². The fourth-order valence-corrected chi connectivity index (χ4v) is 3.63. The molecule has 0 saturated heterocycles. The third-order valence-electron chi connectivity index (χ3n) is 4.90. The van der Waals surface area contributed by atoms with Crippen molar-refractivity contribution in [1.82, 2.24) is 20.1 Å². The molecular formula is C22H22ClN5O3. The predicted octanol–water partition coefficient (Wildman–Crippen LogP) is 3.23. The van der Waals surface area contributed by atoms with Crippen LogP contribution < -0.4 is 15.4 Å². The second-order valence-electron chi connectivity index (χ2n) is 7.31. The minimum atomic E-state index is -0.384. The molecule has 2 N–H and O–H groups in total. The summed E-state index contributed by atoms with van der Waals surface area (Å²) in [5.41, 5.74) is 3.77. The standard InChI is InChI=1S/C22H22ClN5O3/c1-13-11-14(2)28(27-13)19-7-5-17(23)21(26-19)22(30)24-9-10-31-16-4-6-18-15(12-16)3-8-20(29)25-18/h4-7,11-12H,3,8-10H2,1-2H3,(H,24,30)(H,25,29). The lowest BCUT2D eigenvalue weighted by Crippen LogP contribution is -2.29. The highest BCUT2D eigenvalue weighted by molar-refractivity contribution is 6.33. The zero-order chi connectivity index (χ0) is 22.0. The van der Waals surface area contributed by atoms with Gasteiger partial charge < -0.3 is 15.4 Å². The van der Waals surface area contributed by atoms with Crippen molar-refractivity contribution in [3.63, 3.8) is 0 Å². The Morgan fingerprint density at radius 2 is 2.06 bits per heavy atom. The van der Waals surface area contributed by atoms with Crippen LogP contribution in [0.15, 0.2) is 36.4 Å². The number of pyridine rings is 1. The number of aryl methyl sites for hydroxylation is 3. The van der Waals surface area contributed by atoms with Crippen LogP contribution in [-0.2, 0) is 11.2 Å². The number of benzene rings is 1. The number of nitrogens with one attached hydrogen (secondary N) is 2. The molecule has 1 aliphatic heterocycles. The van der Waals surface area contributed by atoms with E-state index in [4.69, 9.17) is 16.3 Å². The van der Waals surface area contributed by atoms with Gasteiger partial charge in [0.25, 0.3) is 5.91 Å². The molecule has 0 radical (unpaired) electrons. The summed E-state index contributed by atoms with van der Waals surface area (Å²) in [6.07, 6.45) is 1.15. The highest BCUT2D eigenvalue weighted by atomic mass is 35.5. The average Bonchev–Trinajstić information content (AvgIpc) is 3.09. The van der Waals surface area contributed by atoms with Gasteiger partial charge in [0.05, 0.1) is 17.3 Å². The Morgan fingerprint density at radius 3 is 2.84 bits per heavy atom. The third-order valence-corrected chi connectivity index (χ3v) is 5.21. The van der Waals surface area contributed by atoms with Crippen LogP contribution in [0, 0.1) is 13.8 Å². The summed E-state index contributed by atoms with van der Waals surface area (Å²) in [6, 6.07) is 10.8. The van der Waals surface area contributed by atoms with Gasteiger partial charge in [0, 0.05) is 17.8 Å². The molecule has 3 heterocycles. The van der Waals surface area contributed by atoms with Crippen LogP contribution in [0.1, 0.15) is 33.9 Å². The summed E-state index contributed by atoms with van der Waals surface area (Å²) in [5, 5.41) is 10.3. The van der Waals surface area contributed by atoms with Crippen LogP contribution in [0.2, 0.25) is 5.02 Å². The van der Waals surface area contributed by atoms with Crippen LogP contribution in [0.5, 0.6) is 5.75 Å². The van der Waals surface area contributed by atoms with E-state index in [-0.39, 0.29) is 35.7 Å². The molecule has 8 nitrogen and oxygen atoms in total. The lowest BCUT2D eigenvalue weighted by Gasteiger charge is -2.17. The van der Waals surface area contributed by atoms with Crippen LogP contribution in [0.25, 0.3) is 5.82 Å². The van der Waals surface area contributed by atoms with Crippen molar-refractivity contribution in [3.05, 3.63) is 64.1 Å².